The van der Waals surface area contributed by atoms with Gasteiger partial charge in [-0.15, -0.1) is 5.10 Å². The molecular weight excluding hydrogens is 332 g/mol. The predicted octanol–water partition coefficient (Wildman–Crippen LogP) is 1.75. The molecule has 0 aliphatic heterocycles. The van der Waals surface area contributed by atoms with Crippen LogP contribution in [0.1, 0.15) is 35.5 Å². The maximum absolute atomic E-state index is 12.6. The number of amides is 1. The number of rotatable bonds is 5. The zero-order valence-corrected chi connectivity index (χ0v) is 15.3. The molecule has 0 radical (unpaired) electrons. The number of ether oxygens (including phenoxy) is 1. The first-order chi connectivity index (χ1) is 12.4. The number of benzene rings is 1. The predicted molar refractivity (Wildman–Crippen MR) is 97.9 cm³/mol. The number of methoxy groups -OCH3 is 1. The second-order valence-corrected chi connectivity index (χ2v) is 6.15. The molecule has 1 aromatic carbocycles. The number of hydrogen-bond donors (Lipinski definition) is 2. The molecule has 8 nitrogen and oxygen atoms in total. The van der Waals surface area contributed by atoms with Crippen molar-refractivity contribution < 1.29 is 9.53 Å². The van der Waals surface area contributed by atoms with E-state index in [1.165, 1.54) is 0 Å². The highest BCUT2D eigenvalue weighted by molar-refractivity contribution is 5.79. The van der Waals surface area contributed by atoms with Crippen molar-refractivity contribution in [1.29, 1.82) is 0 Å². The quantitative estimate of drug-likeness (QED) is 0.723. The van der Waals surface area contributed by atoms with E-state index in [1.54, 1.807) is 11.6 Å². The van der Waals surface area contributed by atoms with Crippen molar-refractivity contribution in [3.63, 3.8) is 0 Å². The van der Waals surface area contributed by atoms with Gasteiger partial charge in [0.15, 0.2) is 0 Å². The molecular formula is C18H22N6O2. The van der Waals surface area contributed by atoms with Crippen molar-refractivity contribution >= 4 is 17.6 Å². The van der Waals surface area contributed by atoms with Crippen LogP contribution >= 0.6 is 0 Å². The van der Waals surface area contributed by atoms with Crippen molar-refractivity contribution in [2.24, 2.45) is 0 Å². The van der Waals surface area contributed by atoms with Crippen LogP contribution < -0.4 is 15.8 Å². The summed E-state index contributed by atoms with van der Waals surface area (Å²) >= 11 is 0. The number of nitrogens with zero attached hydrogens (tertiary/aromatic N) is 4. The van der Waals surface area contributed by atoms with Crippen LogP contribution in [0.5, 0.6) is 5.75 Å². The van der Waals surface area contributed by atoms with E-state index in [9.17, 15) is 4.79 Å². The standard InChI is InChI=1S/C18H22N6O2/c1-10(13-7-5-6-8-15(13)26-4)20-16(25)9-14-11(2)21-18-22-17(19)23-24(18)12(14)3/h5-8,10H,9H2,1-4H3,(H2,19,23)(H,20,25). The average Bonchev–Trinajstić information content (AvgIpc) is 2.98. The number of para-hydroxylation sites is 1. The number of hydrogen-bond acceptors (Lipinski definition) is 6. The highest BCUT2D eigenvalue weighted by Gasteiger charge is 2.18. The third-order valence-electron chi connectivity index (χ3n) is 4.39. The van der Waals surface area contributed by atoms with E-state index < -0.39 is 0 Å². The van der Waals surface area contributed by atoms with E-state index in [0.717, 1.165) is 28.3 Å². The molecule has 26 heavy (non-hydrogen) atoms. The van der Waals surface area contributed by atoms with Crippen LogP contribution in [-0.4, -0.2) is 32.6 Å². The lowest BCUT2D eigenvalue weighted by atomic mass is 10.1. The molecule has 8 heteroatoms. The first-order valence-electron chi connectivity index (χ1n) is 8.31. The van der Waals surface area contributed by atoms with Crippen molar-refractivity contribution in [3.05, 3.63) is 46.8 Å². The lowest BCUT2D eigenvalue weighted by Gasteiger charge is -2.18. The summed E-state index contributed by atoms with van der Waals surface area (Å²) in [5.41, 5.74) is 8.92. The summed E-state index contributed by atoms with van der Waals surface area (Å²) in [6, 6.07) is 7.44. The minimum Gasteiger partial charge on any atom is -0.496 e. The Bertz CT molecular complexity index is 966. The minimum absolute atomic E-state index is 0.108. The number of nitrogen functional groups attached to an aromatic ring is 1. The Hall–Kier alpha value is -3.16. The Labute approximate surface area is 151 Å². The highest BCUT2D eigenvalue weighted by atomic mass is 16.5. The summed E-state index contributed by atoms with van der Waals surface area (Å²) in [6.07, 6.45) is 0.194. The second kappa shape index (κ2) is 6.99. The summed E-state index contributed by atoms with van der Waals surface area (Å²) in [5, 5.41) is 7.14. The molecule has 1 atom stereocenters. The lowest BCUT2D eigenvalue weighted by molar-refractivity contribution is -0.121. The van der Waals surface area contributed by atoms with Gasteiger partial charge in [0.1, 0.15) is 5.75 Å². The summed E-state index contributed by atoms with van der Waals surface area (Å²) in [4.78, 5) is 21.0. The fourth-order valence-corrected chi connectivity index (χ4v) is 3.03. The Kier molecular flexibility index (Phi) is 4.75. The Morgan fingerprint density at radius 2 is 2.04 bits per heavy atom. The molecule has 0 saturated heterocycles. The third-order valence-corrected chi connectivity index (χ3v) is 4.39. The lowest BCUT2D eigenvalue weighted by Crippen LogP contribution is -2.29. The van der Waals surface area contributed by atoms with Gasteiger partial charge in [-0.25, -0.2) is 4.98 Å². The fraction of sp³-hybridized carbons (Fsp3) is 0.333. The molecule has 3 aromatic rings. The van der Waals surface area contributed by atoms with Crippen LogP contribution in [0.25, 0.3) is 5.78 Å². The molecule has 3 N–H and O–H groups in total. The smallest absolute Gasteiger partial charge is 0.254 e. The van der Waals surface area contributed by atoms with E-state index in [2.05, 4.69) is 20.4 Å². The summed E-state index contributed by atoms with van der Waals surface area (Å²) in [7, 11) is 1.62. The number of carbonyl (C=O) groups is 1. The summed E-state index contributed by atoms with van der Waals surface area (Å²) in [6.45, 7) is 5.65. The molecule has 2 aromatic heterocycles. The number of nitrogens with one attached hydrogen (secondary N) is 1. The Balaban J connectivity index is 1.81. The molecule has 2 heterocycles. The van der Waals surface area contributed by atoms with E-state index >= 15 is 0 Å². The number of nitrogens with two attached hydrogens (primary N) is 1. The second-order valence-electron chi connectivity index (χ2n) is 6.15. The minimum atomic E-state index is -0.182. The van der Waals surface area contributed by atoms with Gasteiger partial charge < -0.3 is 15.8 Å². The van der Waals surface area contributed by atoms with Crippen LogP contribution in [0.4, 0.5) is 5.95 Å². The van der Waals surface area contributed by atoms with E-state index in [4.69, 9.17) is 10.5 Å². The molecule has 1 unspecified atom stereocenters. The third kappa shape index (κ3) is 3.30. The monoisotopic (exact) mass is 354 g/mol. The van der Waals surface area contributed by atoms with Gasteiger partial charge in [-0.3, -0.25) is 4.79 Å². The van der Waals surface area contributed by atoms with Gasteiger partial charge in [-0.2, -0.15) is 9.50 Å². The summed E-state index contributed by atoms with van der Waals surface area (Å²) < 4.78 is 6.93. The van der Waals surface area contributed by atoms with Crippen LogP contribution in [0, 0.1) is 13.8 Å². The molecule has 0 spiro atoms. The Morgan fingerprint density at radius 3 is 2.77 bits per heavy atom. The van der Waals surface area contributed by atoms with Crippen molar-refractivity contribution in [2.75, 3.05) is 12.8 Å². The zero-order valence-electron chi connectivity index (χ0n) is 15.3. The highest BCUT2D eigenvalue weighted by Crippen LogP contribution is 2.24. The van der Waals surface area contributed by atoms with Gasteiger partial charge in [-0.1, -0.05) is 18.2 Å². The number of fused-ring (bicyclic) bond motifs is 1. The van der Waals surface area contributed by atoms with Crippen molar-refractivity contribution in [3.8, 4) is 5.75 Å². The van der Waals surface area contributed by atoms with Crippen LogP contribution in [-0.2, 0) is 11.2 Å². The fourth-order valence-electron chi connectivity index (χ4n) is 3.03. The van der Waals surface area contributed by atoms with Gasteiger partial charge in [0.25, 0.3) is 5.78 Å². The van der Waals surface area contributed by atoms with Crippen molar-refractivity contribution in [2.45, 2.75) is 33.2 Å². The molecule has 0 saturated carbocycles. The molecule has 136 valence electrons. The maximum atomic E-state index is 12.6. The first-order valence-corrected chi connectivity index (χ1v) is 8.31. The molecule has 1 amide bonds. The van der Waals surface area contributed by atoms with E-state index in [0.29, 0.717) is 5.78 Å². The van der Waals surface area contributed by atoms with Gasteiger partial charge in [0.05, 0.1) is 19.6 Å². The molecule has 0 fully saturated rings. The molecule has 3 rings (SSSR count). The van der Waals surface area contributed by atoms with Gasteiger partial charge in [0, 0.05) is 22.5 Å². The number of anilines is 1. The largest absolute Gasteiger partial charge is 0.496 e. The Morgan fingerprint density at radius 1 is 1.31 bits per heavy atom. The number of aryl methyl sites for hydroxylation is 2. The van der Waals surface area contributed by atoms with E-state index in [-0.39, 0.29) is 24.3 Å². The van der Waals surface area contributed by atoms with Crippen LogP contribution in [0.2, 0.25) is 0 Å². The first kappa shape index (κ1) is 17.7. The number of carbonyl (C=O) groups excluding carboxylic acids is 1. The van der Waals surface area contributed by atoms with Crippen LogP contribution in [0.3, 0.4) is 0 Å². The average molecular weight is 354 g/mol. The maximum Gasteiger partial charge on any atom is 0.254 e. The topological polar surface area (TPSA) is 107 Å². The van der Waals surface area contributed by atoms with Crippen LogP contribution in [0.15, 0.2) is 24.3 Å². The summed E-state index contributed by atoms with van der Waals surface area (Å²) in [5.74, 6) is 1.23. The number of aromatic nitrogens is 4. The normalized spacial score (nSPS) is 12.2. The van der Waals surface area contributed by atoms with Crippen molar-refractivity contribution in [1.82, 2.24) is 24.9 Å². The van der Waals surface area contributed by atoms with E-state index in [1.807, 2.05) is 45.0 Å². The van der Waals surface area contributed by atoms with Gasteiger partial charge >= 0.3 is 0 Å². The molecule has 0 bridgehead atoms. The van der Waals surface area contributed by atoms with Gasteiger partial charge in [0.2, 0.25) is 11.9 Å². The van der Waals surface area contributed by atoms with Gasteiger partial charge in [-0.05, 0) is 26.8 Å². The SMILES string of the molecule is COc1ccccc1C(C)NC(=O)Cc1c(C)nc2nc(N)nn2c1C. The molecule has 0 aliphatic carbocycles. The molecule has 0 aliphatic rings. The zero-order chi connectivity index (χ0) is 18.8.